The Morgan fingerprint density at radius 3 is 2.69 bits per heavy atom. The van der Waals surface area contributed by atoms with Crippen LogP contribution in [0.4, 0.5) is 0 Å². The minimum atomic E-state index is 0.383. The molecule has 0 aromatic rings. The average molecular weight is 217 g/mol. The first-order chi connectivity index (χ1) is 6.16. The summed E-state index contributed by atoms with van der Waals surface area (Å²) in [6.07, 6.45) is 2.70. The van der Waals surface area contributed by atoms with Crippen LogP contribution in [0.25, 0.3) is 0 Å². The summed E-state index contributed by atoms with van der Waals surface area (Å²) in [6, 6.07) is 0. The van der Waals surface area contributed by atoms with E-state index in [1.807, 2.05) is 0 Å². The second kappa shape index (κ2) is 3.67. The molecule has 0 aromatic carbocycles. The molecule has 2 aliphatic heterocycles. The minimum absolute atomic E-state index is 0.383. The standard InChI is InChI=1S/C10H19NS2/c1-9(2)4-7-12-8-10(9)11-5-3-6-13-10/h11H,3-8H2,1-2H3. The van der Waals surface area contributed by atoms with E-state index < -0.39 is 0 Å². The van der Waals surface area contributed by atoms with E-state index in [-0.39, 0.29) is 0 Å². The first-order valence-electron chi connectivity index (χ1n) is 5.13. The lowest BCUT2D eigenvalue weighted by Gasteiger charge is -2.52. The van der Waals surface area contributed by atoms with E-state index in [1.165, 1.54) is 36.6 Å². The molecule has 1 unspecified atom stereocenters. The second-order valence-electron chi connectivity index (χ2n) is 4.64. The van der Waals surface area contributed by atoms with Crippen molar-refractivity contribution in [2.45, 2.75) is 31.6 Å². The Hall–Kier alpha value is 0.660. The van der Waals surface area contributed by atoms with Crippen molar-refractivity contribution >= 4 is 23.5 Å². The molecule has 2 rings (SSSR count). The van der Waals surface area contributed by atoms with Gasteiger partial charge < -0.3 is 5.32 Å². The summed E-state index contributed by atoms with van der Waals surface area (Å²) >= 11 is 4.28. The monoisotopic (exact) mass is 217 g/mol. The highest BCUT2D eigenvalue weighted by molar-refractivity contribution is 8.04. The van der Waals surface area contributed by atoms with Gasteiger partial charge in [0.25, 0.3) is 0 Å². The molecule has 0 aromatic heterocycles. The summed E-state index contributed by atoms with van der Waals surface area (Å²) in [4.78, 5) is 0.383. The number of thioether (sulfide) groups is 2. The van der Waals surface area contributed by atoms with Crippen LogP contribution in [0.2, 0.25) is 0 Å². The molecule has 0 saturated carbocycles. The van der Waals surface area contributed by atoms with Crippen LogP contribution in [-0.2, 0) is 0 Å². The van der Waals surface area contributed by atoms with E-state index in [1.54, 1.807) is 0 Å². The van der Waals surface area contributed by atoms with Gasteiger partial charge >= 0.3 is 0 Å². The maximum atomic E-state index is 3.77. The van der Waals surface area contributed by atoms with E-state index in [9.17, 15) is 0 Å². The highest BCUT2D eigenvalue weighted by atomic mass is 32.2. The smallest absolute Gasteiger partial charge is 0.0788 e. The Morgan fingerprint density at radius 1 is 1.23 bits per heavy atom. The summed E-state index contributed by atoms with van der Waals surface area (Å²) in [6.45, 7) is 6.08. The van der Waals surface area contributed by atoms with Gasteiger partial charge in [-0.1, -0.05) is 13.8 Å². The Labute approximate surface area is 89.8 Å². The van der Waals surface area contributed by atoms with E-state index >= 15 is 0 Å². The van der Waals surface area contributed by atoms with Gasteiger partial charge in [-0.05, 0) is 36.3 Å². The highest BCUT2D eigenvalue weighted by Crippen LogP contribution is 2.49. The van der Waals surface area contributed by atoms with Crippen LogP contribution in [0.3, 0.4) is 0 Å². The molecular weight excluding hydrogens is 198 g/mol. The van der Waals surface area contributed by atoms with Crippen molar-refractivity contribution in [2.75, 3.05) is 23.8 Å². The van der Waals surface area contributed by atoms with Crippen LogP contribution in [0.5, 0.6) is 0 Å². The van der Waals surface area contributed by atoms with Crippen molar-refractivity contribution in [3.8, 4) is 0 Å². The van der Waals surface area contributed by atoms with Gasteiger partial charge in [0.1, 0.15) is 0 Å². The third-order valence-electron chi connectivity index (χ3n) is 3.35. The summed E-state index contributed by atoms with van der Waals surface area (Å²) < 4.78 is 0. The fraction of sp³-hybridized carbons (Fsp3) is 1.00. The van der Waals surface area contributed by atoms with Gasteiger partial charge in [0.15, 0.2) is 0 Å². The molecule has 2 aliphatic rings. The second-order valence-corrected chi connectivity index (χ2v) is 7.14. The van der Waals surface area contributed by atoms with Crippen LogP contribution in [0, 0.1) is 5.41 Å². The maximum Gasteiger partial charge on any atom is 0.0788 e. The zero-order chi connectivity index (χ0) is 9.36. The Bertz CT molecular complexity index is 177. The van der Waals surface area contributed by atoms with Gasteiger partial charge in [-0.3, -0.25) is 0 Å². The zero-order valence-corrected chi connectivity index (χ0v) is 10.2. The highest BCUT2D eigenvalue weighted by Gasteiger charge is 2.47. The lowest BCUT2D eigenvalue weighted by Crippen LogP contribution is -2.59. The molecule has 2 fully saturated rings. The third kappa shape index (κ3) is 1.75. The number of nitrogens with one attached hydrogen (secondary N) is 1. The van der Waals surface area contributed by atoms with Crippen molar-refractivity contribution in [3.05, 3.63) is 0 Å². The largest absolute Gasteiger partial charge is 0.302 e. The number of hydrogen-bond acceptors (Lipinski definition) is 3. The summed E-state index contributed by atoms with van der Waals surface area (Å²) in [5.41, 5.74) is 0.476. The van der Waals surface area contributed by atoms with Crippen molar-refractivity contribution in [1.82, 2.24) is 5.32 Å². The summed E-state index contributed by atoms with van der Waals surface area (Å²) in [5, 5.41) is 3.77. The molecule has 76 valence electrons. The van der Waals surface area contributed by atoms with Crippen molar-refractivity contribution in [2.24, 2.45) is 5.41 Å². The first-order valence-corrected chi connectivity index (χ1v) is 7.27. The van der Waals surface area contributed by atoms with E-state index in [2.05, 4.69) is 42.7 Å². The average Bonchev–Trinajstić information content (AvgIpc) is 2.12. The van der Waals surface area contributed by atoms with Crippen LogP contribution in [0.15, 0.2) is 0 Å². The lowest BCUT2D eigenvalue weighted by atomic mass is 9.81. The van der Waals surface area contributed by atoms with Gasteiger partial charge in [-0.15, -0.1) is 11.8 Å². The van der Waals surface area contributed by atoms with Gasteiger partial charge in [-0.25, -0.2) is 0 Å². The molecule has 1 N–H and O–H groups in total. The molecule has 2 heterocycles. The van der Waals surface area contributed by atoms with Crippen LogP contribution >= 0.6 is 23.5 Å². The molecule has 2 saturated heterocycles. The SMILES string of the molecule is CC1(C)CCSCC12NCCCS2. The van der Waals surface area contributed by atoms with Crippen molar-refractivity contribution in [1.29, 1.82) is 0 Å². The zero-order valence-electron chi connectivity index (χ0n) is 8.56. The van der Waals surface area contributed by atoms with Gasteiger partial charge in [0, 0.05) is 5.75 Å². The molecule has 13 heavy (non-hydrogen) atoms. The normalized spacial score (nSPS) is 39.2. The minimum Gasteiger partial charge on any atom is -0.302 e. The van der Waals surface area contributed by atoms with Crippen molar-refractivity contribution in [3.63, 3.8) is 0 Å². The molecule has 3 heteroatoms. The van der Waals surface area contributed by atoms with Gasteiger partial charge in [-0.2, -0.15) is 11.8 Å². The maximum absolute atomic E-state index is 3.77. The predicted molar refractivity (Wildman–Crippen MR) is 63.5 cm³/mol. The predicted octanol–water partition coefficient (Wildman–Crippen LogP) is 2.57. The summed E-state index contributed by atoms with van der Waals surface area (Å²) in [7, 11) is 0. The van der Waals surface area contributed by atoms with E-state index in [0.717, 1.165) is 0 Å². The molecular formula is C10H19NS2. The molecule has 0 bridgehead atoms. The molecule has 1 atom stereocenters. The third-order valence-corrected chi connectivity index (χ3v) is 6.49. The molecule has 0 amide bonds. The Morgan fingerprint density at radius 2 is 2.08 bits per heavy atom. The Kier molecular flexibility index (Phi) is 2.87. The van der Waals surface area contributed by atoms with Crippen LogP contribution < -0.4 is 5.32 Å². The fourth-order valence-electron chi connectivity index (χ4n) is 2.13. The Balaban J connectivity index is 2.16. The van der Waals surface area contributed by atoms with Crippen LogP contribution in [-0.4, -0.2) is 28.7 Å². The van der Waals surface area contributed by atoms with E-state index in [4.69, 9.17) is 0 Å². The lowest BCUT2D eigenvalue weighted by molar-refractivity contribution is 0.212. The molecule has 1 spiro atoms. The molecule has 0 radical (unpaired) electrons. The molecule has 0 aliphatic carbocycles. The first kappa shape index (κ1) is 10.2. The molecule has 1 nitrogen and oxygen atoms in total. The number of rotatable bonds is 0. The summed E-state index contributed by atoms with van der Waals surface area (Å²) in [5.74, 6) is 3.98. The van der Waals surface area contributed by atoms with E-state index in [0.29, 0.717) is 10.3 Å². The van der Waals surface area contributed by atoms with Crippen LogP contribution in [0.1, 0.15) is 26.7 Å². The topological polar surface area (TPSA) is 12.0 Å². The van der Waals surface area contributed by atoms with Gasteiger partial charge in [0.05, 0.1) is 4.87 Å². The number of hydrogen-bond donors (Lipinski definition) is 1. The quantitative estimate of drug-likeness (QED) is 0.670. The van der Waals surface area contributed by atoms with Gasteiger partial charge in [0.2, 0.25) is 0 Å². The fourth-order valence-corrected chi connectivity index (χ4v) is 5.62. The van der Waals surface area contributed by atoms with Crippen molar-refractivity contribution < 1.29 is 0 Å².